The highest BCUT2D eigenvalue weighted by Gasteiger charge is 2.18. The third kappa shape index (κ3) is 2.29. The zero-order valence-electron chi connectivity index (χ0n) is 11.0. The summed E-state index contributed by atoms with van der Waals surface area (Å²) in [4.78, 5) is 0. The molecule has 0 spiro atoms. The molecule has 94 valence electrons. The second kappa shape index (κ2) is 5.32. The molecule has 1 nitrogen and oxygen atoms in total. The molecule has 0 aromatic heterocycles. The van der Waals surface area contributed by atoms with E-state index in [-0.39, 0.29) is 11.9 Å². The molecule has 1 atom stereocenters. The van der Waals surface area contributed by atoms with Crippen molar-refractivity contribution in [1.82, 2.24) is 5.32 Å². The Morgan fingerprint density at radius 3 is 2.17 bits per heavy atom. The summed E-state index contributed by atoms with van der Waals surface area (Å²) in [7, 11) is 1.86. The van der Waals surface area contributed by atoms with E-state index in [1.807, 2.05) is 50.4 Å². The molecular weight excluding hydrogens is 225 g/mol. The first-order valence-corrected chi connectivity index (χ1v) is 6.13. The van der Waals surface area contributed by atoms with E-state index in [0.29, 0.717) is 11.1 Å². The van der Waals surface area contributed by atoms with Crippen molar-refractivity contribution in [3.8, 4) is 0 Å². The molecule has 0 heterocycles. The molecule has 0 radical (unpaired) electrons. The SMILES string of the molecule is CNC(c1ccccc1C)c1cccc(C)c1F. The summed E-state index contributed by atoms with van der Waals surface area (Å²) in [5.74, 6) is -0.125. The van der Waals surface area contributed by atoms with E-state index >= 15 is 0 Å². The Hall–Kier alpha value is -1.67. The number of rotatable bonds is 3. The lowest BCUT2D eigenvalue weighted by Crippen LogP contribution is -2.20. The number of aryl methyl sites for hydroxylation is 2. The third-order valence-electron chi connectivity index (χ3n) is 3.32. The van der Waals surface area contributed by atoms with Gasteiger partial charge in [0.05, 0.1) is 6.04 Å². The van der Waals surface area contributed by atoms with Gasteiger partial charge in [-0.2, -0.15) is 0 Å². The normalized spacial score (nSPS) is 12.4. The average Bonchev–Trinajstić information content (AvgIpc) is 2.37. The van der Waals surface area contributed by atoms with Crippen molar-refractivity contribution in [2.45, 2.75) is 19.9 Å². The van der Waals surface area contributed by atoms with Gasteiger partial charge in [-0.05, 0) is 37.6 Å². The fourth-order valence-electron chi connectivity index (χ4n) is 2.28. The summed E-state index contributed by atoms with van der Waals surface area (Å²) in [5.41, 5.74) is 3.66. The van der Waals surface area contributed by atoms with Gasteiger partial charge in [-0.25, -0.2) is 4.39 Å². The van der Waals surface area contributed by atoms with Crippen molar-refractivity contribution in [3.05, 3.63) is 70.5 Å². The number of hydrogen-bond acceptors (Lipinski definition) is 1. The van der Waals surface area contributed by atoms with Crippen LogP contribution in [0.5, 0.6) is 0 Å². The van der Waals surface area contributed by atoms with Crippen molar-refractivity contribution in [1.29, 1.82) is 0 Å². The summed E-state index contributed by atoms with van der Waals surface area (Å²) in [6, 6.07) is 13.5. The Bertz CT molecular complexity index is 549. The van der Waals surface area contributed by atoms with Crippen molar-refractivity contribution in [2.24, 2.45) is 0 Å². The summed E-state index contributed by atoms with van der Waals surface area (Å²) < 4.78 is 14.2. The van der Waals surface area contributed by atoms with Gasteiger partial charge in [-0.1, -0.05) is 42.5 Å². The molecule has 0 bridgehead atoms. The quantitative estimate of drug-likeness (QED) is 0.865. The molecule has 1 unspecified atom stereocenters. The minimum atomic E-state index is -0.125. The summed E-state index contributed by atoms with van der Waals surface area (Å²) in [6.07, 6.45) is 0. The fourth-order valence-corrected chi connectivity index (χ4v) is 2.28. The average molecular weight is 243 g/mol. The van der Waals surface area contributed by atoms with Crippen LogP contribution >= 0.6 is 0 Å². The lowest BCUT2D eigenvalue weighted by molar-refractivity contribution is 0.568. The Labute approximate surface area is 108 Å². The minimum Gasteiger partial charge on any atom is -0.309 e. The Morgan fingerprint density at radius 2 is 1.50 bits per heavy atom. The van der Waals surface area contributed by atoms with Crippen LogP contribution in [0.4, 0.5) is 4.39 Å². The van der Waals surface area contributed by atoms with Crippen LogP contribution in [0.25, 0.3) is 0 Å². The Kier molecular flexibility index (Phi) is 3.78. The number of halogens is 1. The molecule has 2 rings (SSSR count). The van der Waals surface area contributed by atoms with Crippen molar-refractivity contribution < 1.29 is 4.39 Å². The molecule has 0 amide bonds. The second-order valence-electron chi connectivity index (χ2n) is 4.56. The van der Waals surface area contributed by atoms with Gasteiger partial charge in [0.2, 0.25) is 0 Å². The molecule has 2 aromatic carbocycles. The molecule has 0 aliphatic carbocycles. The Balaban J connectivity index is 2.53. The number of nitrogens with one attached hydrogen (secondary N) is 1. The molecule has 0 saturated heterocycles. The highest BCUT2D eigenvalue weighted by molar-refractivity contribution is 5.38. The van der Waals surface area contributed by atoms with Crippen molar-refractivity contribution in [3.63, 3.8) is 0 Å². The van der Waals surface area contributed by atoms with Crippen LogP contribution in [0.3, 0.4) is 0 Å². The number of benzene rings is 2. The van der Waals surface area contributed by atoms with E-state index < -0.39 is 0 Å². The second-order valence-corrected chi connectivity index (χ2v) is 4.56. The molecule has 0 saturated carbocycles. The summed E-state index contributed by atoms with van der Waals surface area (Å²) in [6.45, 7) is 3.84. The molecule has 2 aromatic rings. The molecule has 0 aliphatic heterocycles. The van der Waals surface area contributed by atoms with Crippen LogP contribution in [-0.4, -0.2) is 7.05 Å². The first kappa shape index (κ1) is 12.8. The maximum Gasteiger partial charge on any atom is 0.131 e. The van der Waals surface area contributed by atoms with Crippen LogP contribution in [0.2, 0.25) is 0 Å². The highest BCUT2D eigenvalue weighted by atomic mass is 19.1. The van der Waals surface area contributed by atoms with Crippen molar-refractivity contribution >= 4 is 0 Å². The smallest absolute Gasteiger partial charge is 0.131 e. The van der Waals surface area contributed by atoms with E-state index in [1.54, 1.807) is 13.0 Å². The van der Waals surface area contributed by atoms with Gasteiger partial charge >= 0.3 is 0 Å². The van der Waals surface area contributed by atoms with Crippen LogP contribution in [0, 0.1) is 19.7 Å². The fraction of sp³-hybridized carbons (Fsp3) is 0.250. The maximum absolute atomic E-state index is 14.2. The zero-order chi connectivity index (χ0) is 13.1. The van der Waals surface area contributed by atoms with Crippen LogP contribution < -0.4 is 5.32 Å². The zero-order valence-corrected chi connectivity index (χ0v) is 11.0. The van der Waals surface area contributed by atoms with Gasteiger partial charge in [0, 0.05) is 5.56 Å². The standard InChI is InChI=1S/C16H18FN/c1-11-7-4-5-9-13(11)16(18-3)14-10-6-8-12(2)15(14)17/h4-10,16,18H,1-3H3. The molecule has 0 fully saturated rings. The van der Waals surface area contributed by atoms with Crippen LogP contribution in [0.1, 0.15) is 28.3 Å². The summed E-state index contributed by atoms with van der Waals surface area (Å²) in [5, 5.41) is 3.20. The molecule has 1 N–H and O–H groups in total. The van der Waals surface area contributed by atoms with Gasteiger partial charge in [-0.15, -0.1) is 0 Å². The molecular formula is C16H18FN. The summed E-state index contributed by atoms with van der Waals surface area (Å²) >= 11 is 0. The molecule has 0 aliphatic rings. The maximum atomic E-state index is 14.2. The van der Waals surface area contributed by atoms with E-state index in [2.05, 4.69) is 5.32 Å². The lowest BCUT2D eigenvalue weighted by Gasteiger charge is -2.20. The third-order valence-corrected chi connectivity index (χ3v) is 3.32. The predicted molar refractivity (Wildman–Crippen MR) is 73.2 cm³/mol. The van der Waals surface area contributed by atoms with Gasteiger partial charge in [0.15, 0.2) is 0 Å². The first-order valence-electron chi connectivity index (χ1n) is 6.13. The van der Waals surface area contributed by atoms with Gasteiger partial charge < -0.3 is 5.32 Å². The van der Waals surface area contributed by atoms with Gasteiger partial charge in [0.1, 0.15) is 5.82 Å². The van der Waals surface area contributed by atoms with E-state index in [9.17, 15) is 4.39 Å². The minimum absolute atomic E-state index is 0.105. The molecule has 2 heteroatoms. The number of hydrogen-bond donors (Lipinski definition) is 1. The van der Waals surface area contributed by atoms with Gasteiger partial charge in [-0.3, -0.25) is 0 Å². The van der Waals surface area contributed by atoms with Gasteiger partial charge in [0.25, 0.3) is 0 Å². The van der Waals surface area contributed by atoms with E-state index in [0.717, 1.165) is 11.1 Å². The van der Waals surface area contributed by atoms with Crippen LogP contribution in [-0.2, 0) is 0 Å². The first-order chi connectivity index (χ1) is 8.65. The van der Waals surface area contributed by atoms with E-state index in [1.165, 1.54) is 0 Å². The lowest BCUT2D eigenvalue weighted by atomic mass is 9.94. The largest absolute Gasteiger partial charge is 0.309 e. The monoisotopic (exact) mass is 243 g/mol. The highest BCUT2D eigenvalue weighted by Crippen LogP contribution is 2.27. The topological polar surface area (TPSA) is 12.0 Å². The Morgan fingerprint density at radius 1 is 0.889 bits per heavy atom. The van der Waals surface area contributed by atoms with E-state index in [4.69, 9.17) is 0 Å². The van der Waals surface area contributed by atoms with Crippen LogP contribution in [0.15, 0.2) is 42.5 Å². The predicted octanol–water partition coefficient (Wildman–Crippen LogP) is 3.75. The molecule has 18 heavy (non-hydrogen) atoms. The van der Waals surface area contributed by atoms with Crippen molar-refractivity contribution in [2.75, 3.05) is 7.05 Å².